The Morgan fingerprint density at radius 2 is 2.36 bits per heavy atom. The summed E-state index contributed by atoms with van der Waals surface area (Å²) in [4.78, 5) is 4.01. The highest BCUT2D eigenvalue weighted by Crippen LogP contribution is 2.16. The van der Waals surface area contributed by atoms with Crippen LogP contribution in [0.4, 0.5) is 0 Å². The van der Waals surface area contributed by atoms with Crippen LogP contribution in [0.25, 0.3) is 11.3 Å². The van der Waals surface area contributed by atoms with Gasteiger partial charge >= 0.3 is 0 Å². The molecule has 0 aliphatic rings. The van der Waals surface area contributed by atoms with E-state index in [1.165, 1.54) is 0 Å². The molecule has 0 aromatic carbocycles. The minimum Gasteiger partial charge on any atom is -0.374 e. The lowest BCUT2D eigenvalue weighted by atomic mass is 10.2. The van der Waals surface area contributed by atoms with Crippen LogP contribution in [0.5, 0.6) is 0 Å². The molecule has 0 bridgehead atoms. The number of aromatic nitrogens is 3. The molecule has 0 aliphatic carbocycles. The molecule has 2 aromatic heterocycles. The smallest absolute Gasteiger partial charge is 0.136 e. The molecule has 0 spiro atoms. The van der Waals surface area contributed by atoms with E-state index in [0.717, 1.165) is 17.0 Å². The van der Waals surface area contributed by atoms with Crippen LogP contribution in [-0.2, 0) is 6.73 Å². The van der Waals surface area contributed by atoms with Gasteiger partial charge in [-0.1, -0.05) is 0 Å². The molecular formula is C10H11N3O. The molecule has 0 fully saturated rings. The van der Waals surface area contributed by atoms with E-state index >= 15 is 0 Å². The molecule has 4 nitrogen and oxygen atoms in total. The zero-order chi connectivity index (χ0) is 9.97. The van der Waals surface area contributed by atoms with Crippen LogP contribution < -0.4 is 0 Å². The predicted octanol–water partition coefficient (Wildman–Crippen LogP) is 1.20. The number of pyridine rings is 1. The van der Waals surface area contributed by atoms with Gasteiger partial charge in [0.25, 0.3) is 0 Å². The van der Waals surface area contributed by atoms with Gasteiger partial charge in [0.05, 0.1) is 5.69 Å². The molecule has 0 radical (unpaired) electrons. The molecular weight excluding hydrogens is 178 g/mol. The summed E-state index contributed by atoms with van der Waals surface area (Å²) in [5.41, 5.74) is 2.74. The van der Waals surface area contributed by atoms with Gasteiger partial charge in [-0.05, 0) is 25.1 Å². The molecule has 0 saturated carbocycles. The highest BCUT2D eigenvalue weighted by atomic mass is 16.3. The number of aliphatic hydroxyl groups excluding tert-OH is 1. The van der Waals surface area contributed by atoms with Gasteiger partial charge in [0.1, 0.15) is 6.73 Å². The van der Waals surface area contributed by atoms with Gasteiger partial charge in [-0.2, -0.15) is 5.10 Å². The van der Waals surface area contributed by atoms with Crippen LogP contribution in [0.15, 0.2) is 30.6 Å². The molecule has 0 atom stereocenters. The van der Waals surface area contributed by atoms with Gasteiger partial charge < -0.3 is 5.11 Å². The van der Waals surface area contributed by atoms with E-state index in [9.17, 15) is 0 Å². The largest absolute Gasteiger partial charge is 0.374 e. The molecule has 0 saturated heterocycles. The zero-order valence-corrected chi connectivity index (χ0v) is 7.88. The van der Waals surface area contributed by atoms with Crippen molar-refractivity contribution in [2.45, 2.75) is 13.7 Å². The highest BCUT2D eigenvalue weighted by Gasteiger charge is 2.04. The number of nitrogens with zero attached hydrogens (tertiary/aromatic N) is 3. The van der Waals surface area contributed by atoms with Gasteiger partial charge in [0, 0.05) is 23.7 Å². The van der Waals surface area contributed by atoms with E-state index in [0.29, 0.717) is 0 Å². The van der Waals surface area contributed by atoms with Crippen molar-refractivity contribution < 1.29 is 5.11 Å². The first-order valence-electron chi connectivity index (χ1n) is 4.37. The first-order valence-corrected chi connectivity index (χ1v) is 4.37. The van der Waals surface area contributed by atoms with E-state index in [-0.39, 0.29) is 6.73 Å². The molecule has 0 amide bonds. The average Bonchev–Trinajstić information content (AvgIpc) is 2.61. The van der Waals surface area contributed by atoms with Gasteiger partial charge in [-0.15, -0.1) is 0 Å². The van der Waals surface area contributed by atoms with Crippen LogP contribution in [-0.4, -0.2) is 19.9 Å². The monoisotopic (exact) mass is 189 g/mol. The number of aryl methyl sites for hydroxylation is 1. The Morgan fingerprint density at radius 1 is 1.50 bits per heavy atom. The topological polar surface area (TPSA) is 50.9 Å². The van der Waals surface area contributed by atoms with Crippen molar-refractivity contribution in [2.24, 2.45) is 0 Å². The Kier molecular flexibility index (Phi) is 2.28. The lowest BCUT2D eigenvalue weighted by Crippen LogP contribution is -2.00. The third-order valence-corrected chi connectivity index (χ3v) is 2.07. The van der Waals surface area contributed by atoms with Crippen LogP contribution >= 0.6 is 0 Å². The van der Waals surface area contributed by atoms with Crippen LogP contribution in [0.1, 0.15) is 5.69 Å². The Bertz CT molecular complexity index is 422. The van der Waals surface area contributed by atoms with E-state index in [1.54, 1.807) is 17.1 Å². The van der Waals surface area contributed by atoms with Crippen molar-refractivity contribution in [1.82, 2.24) is 14.8 Å². The Labute approximate surface area is 81.8 Å². The number of hydrogen-bond acceptors (Lipinski definition) is 3. The molecule has 4 heteroatoms. The summed E-state index contributed by atoms with van der Waals surface area (Å²) in [6.07, 6.45) is 3.48. The summed E-state index contributed by atoms with van der Waals surface area (Å²) < 4.78 is 1.54. The maximum atomic E-state index is 8.96. The van der Waals surface area contributed by atoms with Crippen LogP contribution in [0.3, 0.4) is 0 Å². The highest BCUT2D eigenvalue weighted by molar-refractivity contribution is 5.57. The van der Waals surface area contributed by atoms with E-state index in [1.807, 2.05) is 25.1 Å². The summed E-state index contributed by atoms with van der Waals surface area (Å²) in [5, 5.41) is 13.2. The average molecular weight is 189 g/mol. The second-order valence-corrected chi connectivity index (χ2v) is 3.05. The third-order valence-electron chi connectivity index (χ3n) is 2.07. The Balaban J connectivity index is 2.43. The van der Waals surface area contributed by atoms with E-state index in [2.05, 4.69) is 10.1 Å². The SMILES string of the molecule is Cc1cc(-c2cccnc2)nn1CO. The number of rotatable bonds is 2. The van der Waals surface area contributed by atoms with Crippen LogP contribution in [0, 0.1) is 6.92 Å². The maximum absolute atomic E-state index is 8.96. The molecule has 2 heterocycles. The summed E-state index contributed by atoms with van der Waals surface area (Å²) >= 11 is 0. The fraction of sp³-hybridized carbons (Fsp3) is 0.200. The van der Waals surface area contributed by atoms with Gasteiger partial charge in [-0.25, -0.2) is 4.68 Å². The quantitative estimate of drug-likeness (QED) is 0.772. The summed E-state index contributed by atoms with van der Waals surface area (Å²) in [6, 6.07) is 5.73. The third kappa shape index (κ3) is 1.52. The second kappa shape index (κ2) is 3.59. The second-order valence-electron chi connectivity index (χ2n) is 3.05. The predicted molar refractivity (Wildman–Crippen MR) is 52.4 cm³/mol. The van der Waals surface area contributed by atoms with Crippen molar-refractivity contribution in [2.75, 3.05) is 0 Å². The minimum atomic E-state index is -0.0912. The maximum Gasteiger partial charge on any atom is 0.136 e. The number of hydrogen-bond donors (Lipinski definition) is 1. The normalized spacial score (nSPS) is 10.4. The molecule has 2 aromatic rings. The first kappa shape index (κ1) is 8.90. The number of aliphatic hydroxyl groups is 1. The molecule has 1 N–H and O–H groups in total. The van der Waals surface area contributed by atoms with Crippen LogP contribution in [0.2, 0.25) is 0 Å². The molecule has 0 unspecified atom stereocenters. The summed E-state index contributed by atoms with van der Waals surface area (Å²) in [7, 11) is 0. The first-order chi connectivity index (χ1) is 6.81. The van der Waals surface area contributed by atoms with Crippen molar-refractivity contribution in [3.63, 3.8) is 0 Å². The zero-order valence-electron chi connectivity index (χ0n) is 7.88. The molecule has 14 heavy (non-hydrogen) atoms. The molecule has 2 rings (SSSR count). The Hall–Kier alpha value is -1.68. The fourth-order valence-corrected chi connectivity index (χ4v) is 1.31. The van der Waals surface area contributed by atoms with Crippen molar-refractivity contribution in [3.05, 3.63) is 36.3 Å². The van der Waals surface area contributed by atoms with E-state index in [4.69, 9.17) is 5.11 Å². The van der Waals surface area contributed by atoms with Crippen molar-refractivity contribution >= 4 is 0 Å². The van der Waals surface area contributed by atoms with E-state index < -0.39 is 0 Å². The molecule has 0 aliphatic heterocycles. The van der Waals surface area contributed by atoms with Crippen molar-refractivity contribution in [1.29, 1.82) is 0 Å². The van der Waals surface area contributed by atoms with Gasteiger partial charge in [0.2, 0.25) is 0 Å². The molecule has 72 valence electrons. The van der Waals surface area contributed by atoms with Gasteiger partial charge in [-0.3, -0.25) is 4.98 Å². The fourth-order valence-electron chi connectivity index (χ4n) is 1.31. The minimum absolute atomic E-state index is 0.0912. The van der Waals surface area contributed by atoms with Gasteiger partial charge in [0.15, 0.2) is 0 Å². The van der Waals surface area contributed by atoms with Crippen molar-refractivity contribution in [3.8, 4) is 11.3 Å². The summed E-state index contributed by atoms with van der Waals surface area (Å²) in [5.74, 6) is 0. The lowest BCUT2D eigenvalue weighted by molar-refractivity contribution is 0.193. The summed E-state index contributed by atoms with van der Waals surface area (Å²) in [6.45, 7) is 1.81. The standard InChI is InChI=1S/C10H11N3O/c1-8-5-10(12-13(8)7-14)9-3-2-4-11-6-9/h2-6,14H,7H2,1H3. The Morgan fingerprint density at radius 3 is 2.93 bits per heavy atom. The lowest BCUT2D eigenvalue weighted by Gasteiger charge is -1.96.